The highest BCUT2D eigenvalue weighted by Crippen LogP contribution is 2.26. The van der Waals surface area contributed by atoms with Crippen molar-refractivity contribution in [3.05, 3.63) is 71.2 Å². The zero-order valence-corrected chi connectivity index (χ0v) is 14.5. The van der Waals surface area contributed by atoms with Gasteiger partial charge in [0, 0.05) is 19.0 Å². The molecular weight excluding hydrogens is 319 g/mol. The number of nitrogens with one attached hydrogen (secondary N) is 1. The summed E-state index contributed by atoms with van der Waals surface area (Å²) in [5.74, 6) is 0.455. The molecule has 0 fully saturated rings. The normalized spacial score (nSPS) is 12.2. The van der Waals surface area contributed by atoms with Gasteiger partial charge >= 0.3 is 6.03 Å². The van der Waals surface area contributed by atoms with Gasteiger partial charge in [-0.2, -0.15) is 0 Å². The number of carbonyl (C=O) groups is 1. The number of furan rings is 1. The van der Waals surface area contributed by atoms with E-state index in [0.717, 1.165) is 22.3 Å². The van der Waals surface area contributed by atoms with Crippen molar-refractivity contribution in [1.29, 1.82) is 0 Å². The van der Waals surface area contributed by atoms with Crippen molar-refractivity contribution in [3.63, 3.8) is 0 Å². The van der Waals surface area contributed by atoms with Crippen molar-refractivity contribution < 1.29 is 13.6 Å². The van der Waals surface area contributed by atoms with Crippen molar-refractivity contribution in [2.75, 3.05) is 7.05 Å². The Morgan fingerprint density at radius 2 is 2.00 bits per heavy atom. The number of fused-ring (bicyclic) bond motifs is 1. The van der Waals surface area contributed by atoms with E-state index in [9.17, 15) is 9.18 Å². The van der Waals surface area contributed by atoms with E-state index in [-0.39, 0.29) is 24.4 Å². The van der Waals surface area contributed by atoms with Gasteiger partial charge < -0.3 is 14.6 Å². The second kappa shape index (κ2) is 6.97. The van der Waals surface area contributed by atoms with Crippen LogP contribution < -0.4 is 5.32 Å². The molecule has 1 unspecified atom stereocenters. The maximum absolute atomic E-state index is 13.6. The lowest BCUT2D eigenvalue weighted by molar-refractivity contribution is 0.187. The quantitative estimate of drug-likeness (QED) is 0.743. The fourth-order valence-corrected chi connectivity index (χ4v) is 2.62. The number of carbonyl (C=O) groups excluding carboxylic acids is 1. The van der Waals surface area contributed by atoms with Gasteiger partial charge in [-0.3, -0.25) is 0 Å². The van der Waals surface area contributed by atoms with E-state index in [0.29, 0.717) is 5.56 Å². The number of nitrogens with zero attached hydrogens (tertiary/aromatic N) is 1. The van der Waals surface area contributed by atoms with Crippen LogP contribution in [-0.2, 0) is 6.54 Å². The maximum Gasteiger partial charge on any atom is 0.318 e. The topological polar surface area (TPSA) is 45.5 Å². The number of hydrogen-bond donors (Lipinski definition) is 1. The molecule has 5 heteroatoms. The first-order chi connectivity index (χ1) is 12.0. The lowest BCUT2D eigenvalue weighted by Crippen LogP contribution is -2.38. The first kappa shape index (κ1) is 17.0. The SMILES string of the molecule is Cc1ccc(CNC(=O)N(C)C(C)c2cc3ccccc3o2)cc1F. The van der Waals surface area contributed by atoms with Crippen LogP contribution in [0.4, 0.5) is 9.18 Å². The Morgan fingerprint density at radius 3 is 2.72 bits per heavy atom. The van der Waals surface area contributed by atoms with E-state index < -0.39 is 0 Å². The van der Waals surface area contributed by atoms with Crippen molar-refractivity contribution in [3.8, 4) is 0 Å². The Balaban J connectivity index is 1.65. The van der Waals surface area contributed by atoms with Gasteiger partial charge in [-0.15, -0.1) is 0 Å². The van der Waals surface area contributed by atoms with E-state index in [1.54, 1.807) is 31.0 Å². The van der Waals surface area contributed by atoms with Crippen LogP contribution in [0.2, 0.25) is 0 Å². The molecule has 0 aliphatic rings. The molecule has 1 atom stereocenters. The molecule has 3 aromatic rings. The Labute approximate surface area is 146 Å². The molecule has 1 N–H and O–H groups in total. The molecule has 0 saturated carbocycles. The van der Waals surface area contributed by atoms with Crippen LogP contribution >= 0.6 is 0 Å². The molecule has 130 valence electrons. The Bertz CT molecular complexity index is 871. The molecule has 3 rings (SSSR count). The fourth-order valence-electron chi connectivity index (χ4n) is 2.62. The molecule has 25 heavy (non-hydrogen) atoms. The van der Waals surface area contributed by atoms with Gasteiger partial charge in [0.1, 0.15) is 17.2 Å². The number of hydrogen-bond acceptors (Lipinski definition) is 2. The van der Waals surface area contributed by atoms with Crippen LogP contribution in [-0.4, -0.2) is 18.0 Å². The molecular formula is C20H21FN2O2. The van der Waals surface area contributed by atoms with E-state index in [1.807, 2.05) is 37.3 Å². The predicted octanol–water partition coefficient (Wildman–Crippen LogP) is 4.78. The van der Waals surface area contributed by atoms with Gasteiger partial charge in [-0.1, -0.05) is 30.3 Å². The van der Waals surface area contributed by atoms with Crippen LogP contribution in [0.15, 0.2) is 52.9 Å². The van der Waals surface area contributed by atoms with Crippen LogP contribution in [0.25, 0.3) is 11.0 Å². The van der Waals surface area contributed by atoms with E-state index in [1.165, 1.54) is 6.07 Å². The van der Waals surface area contributed by atoms with Gasteiger partial charge in [-0.25, -0.2) is 9.18 Å². The van der Waals surface area contributed by atoms with E-state index in [2.05, 4.69) is 5.32 Å². The van der Waals surface area contributed by atoms with E-state index in [4.69, 9.17) is 4.42 Å². The first-order valence-corrected chi connectivity index (χ1v) is 8.20. The van der Waals surface area contributed by atoms with E-state index >= 15 is 0 Å². The van der Waals surface area contributed by atoms with Crippen LogP contribution in [0.1, 0.15) is 29.9 Å². The van der Waals surface area contributed by atoms with Gasteiger partial charge in [-0.05, 0) is 43.2 Å². The Morgan fingerprint density at radius 1 is 1.24 bits per heavy atom. The smallest absolute Gasteiger partial charge is 0.318 e. The molecule has 1 heterocycles. The zero-order chi connectivity index (χ0) is 18.0. The highest BCUT2D eigenvalue weighted by Gasteiger charge is 2.20. The highest BCUT2D eigenvalue weighted by molar-refractivity contribution is 5.78. The standard InChI is InChI=1S/C20H21FN2O2/c1-13-8-9-15(10-17(13)21)12-22-20(24)23(3)14(2)19-11-16-6-4-5-7-18(16)25-19/h4-11,14H,12H2,1-3H3,(H,22,24). The minimum absolute atomic E-state index is 0.220. The second-order valence-corrected chi connectivity index (χ2v) is 6.22. The summed E-state index contributed by atoms with van der Waals surface area (Å²) in [6.07, 6.45) is 0. The summed E-state index contributed by atoms with van der Waals surface area (Å²) in [5.41, 5.74) is 2.11. The minimum atomic E-state index is -0.268. The zero-order valence-electron chi connectivity index (χ0n) is 14.5. The summed E-state index contributed by atoms with van der Waals surface area (Å²) < 4.78 is 19.4. The third kappa shape index (κ3) is 3.65. The Kier molecular flexibility index (Phi) is 4.74. The largest absolute Gasteiger partial charge is 0.459 e. The lowest BCUT2D eigenvalue weighted by atomic mass is 10.1. The van der Waals surface area contributed by atoms with Gasteiger partial charge in [0.05, 0.1) is 6.04 Å². The second-order valence-electron chi connectivity index (χ2n) is 6.22. The number of urea groups is 1. The fraction of sp³-hybridized carbons (Fsp3) is 0.250. The summed E-state index contributed by atoms with van der Waals surface area (Å²) in [4.78, 5) is 13.9. The van der Waals surface area contributed by atoms with Crippen LogP contribution in [0, 0.1) is 12.7 Å². The number of aryl methyl sites for hydroxylation is 1. The molecule has 0 aliphatic heterocycles. The molecule has 0 aliphatic carbocycles. The van der Waals surface area contributed by atoms with Crippen molar-refractivity contribution in [2.45, 2.75) is 26.4 Å². The third-order valence-electron chi connectivity index (χ3n) is 4.44. The van der Waals surface area contributed by atoms with Crippen LogP contribution in [0.3, 0.4) is 0 Å². The highest BCUT2D eigenvalue weighted by atomic mass is 19.1. The monoisotopic (exact) mass is 340 g/mol. The molecule has 0 radical (unpaired) electrons. The maximum atomic E-state index is 13.6. The summed E-state index contributed by atoms with van der Waals surface area (Å²) in [6.45, 7) is 3.89. The van der Waals surface area contributed by atoms with Crippen LogP contribution in [0.5, 0.6) is 0 Å². The van der Waals surface area contributed by atoms with Crippen molar-refractivity contribution in [1.82, 2.24) is 10.2 Å². The number of benzene rings is 2. The summed E-state index contributed by atoms with van der Waals surface area (Å²) in [7, 11) is 1.71. The minimum Gasteiger partial charge on any atom is -0.459 e. The average Bonchev–Trinajstić information content (AvgIpc) is 3.05. The number of rotatable bonds is 4. The molecule has 2 amide bonds. The predicted molar refractivity (Wildman–Crippen MR) is 95.8 cm³/mol. The Hall–Kier alpha value is -2.82. The number of amides is 2. The van der Waals surface area contributed by atoms with Gasteiger partial charge in [0.25, 0.3) is 0 Å². The summed E-state index contributed by atoms with van der Waals surface area (Å²) >= 11 is 0. The van der Waals surface area contributed by atoms with Gasteiger partial charge in [0.2, 0.25) is 0 Å². The van der Waals surface area contributed by atoms with Crippen molar-refractivity contribution in [2.24, 2.45) is 0 Å². The summed E-state index contributed by atoms with van der Waals surface area (Å²) in [6, 6.07) is 14.2. The average molecular weight is 340 g/mol. The number of para-hydroxylation sites is 1. The third-order valence-corrected chi connectivity index (χ3v) is 4.44. The molecule has 2 aromatic carbocycles. The first-order valence-electron chi connectivity index (χ1n) is 8.20. The summed E-state index contributed by atoms with van der Waals surface area (Å²) in [5, 5.41) is 3.82. The molecule has 0 saturated heterocycles. The molecule has 0 spiro atoms. The van der Waals surface area contributed by atoms with Gasteiger partial charge in [0.15, 0.2) is 0 Å². The lowest BCUT2D eigenvalue weighted by Gasteiger charge is -2.23. The van der Waals surface area contributed by atoms with Crippen molar-refractivity contribution >= 4 is 17.0 Å². The molecule has 1 aromatic heterocycles. The number of halogens is 1. The molecule has 4 nitrogen and oxygen atoms in total. The molecule has 0 bridgehead atoms.